The Labute approximate surface area is 108 Å². The summed E-state index contributed by atoms with van der Waals surface area (Å²) in [7, 11) is 1.42. The summed E-state index contributed by atoms with van der Waals surface area (Å²) in [6.45, 7) is 1.53. The summed E-state index contributed by atoms with van der Waals surface area (Å²) in [6.07, 6.45) is 7.31. The second-order valence-corrected chi connectivity index (χ2v) is 5.92. The van der Waals surface area contributed by atoms with E-state index >= 15 is 0 Å². The summed E-state index contributed by atoms with van der Waals surface area (Å²) < 4.78 is 4.83. The van der Waals surface area contributed by atoms with Crippen molar-refractivity contribution in [1.29, 1.82) is 0 Å². The molecule has 0 aromatic carbocycles. The quantitative estimate of drug-likeness (QED) is 0.595. The molecule has 0 radical (unpaired) electrons. The Morgan fingerprint density at radius 2 is 2.22 bits per heavy atom. The van der Waals surface area contributed by atoms with E-state index in [4.69, 9.17) is 4.74 Å². The third-order valence-electron chi connectivity index (χ3n) is 4.74. The van der Waals surface area contributed by atoms with Crippen molar-refractivity contribution in [2.24, 2.45) is 17.8 Å². The van der Waals surface area contributed by atoms with E-state index < -0.39 is 0 Å². The lowest BCUT2D eigenvalue weighted by molar-refractivity contribution is -0.146. The van der Waals surface area contributed by atoms with Gasteiger partial charge in [0.1, 0.15) is 6.04 Å². The molecule has 2 aliphatic carbocycles. The standard InChI is InChI=1S/C14H21NO3/c1-18-14(17)13-6-12(16)8-15(13)7-11-5-9-2-3-10(11)4-9/h2-3,9-13,16H,4-8H2,1H3/t9-,10-,11+,12+,13-/m0/s1. The number of ether oxygens (including phenoxy) is 1. The van der Waals surface area contributed by atoms with Gasteiger partial charge in [0.25, 0.3) is 0 Å². The van der Waals surface area contributed by atoms with Gasteiger partial charge in [0, 0.05) is 19.5 Å². The second-order valence-electron chi connectivity index (χ2n) is 5.92. The Morgan fingerprint density at radius 3 is 2.83 bits per heavy atom. The highest BCUT2D eigenvalue weighted by Gasteiger charge is 2.42. The number of nitrogens with zero attached hydrogens (tertiary/aromatic N) is 1. The van der Waals surface area contributed by atoms with Gasteiger partial charge in [-0.1, -0.05) is 12.2 Å². The van der Waals surface area contributed by atoms with Crippen LogP contribution in [-0.2, 0) is 9.53 Å². The Hall–Kier alpha value is -0.870. The average molecular weight is 251 g/mol. The van der Waals surface area contributed by atoms with E-state index in [-0.39, 0.29) is 18.1 Å². The molecule has 1 heterocycles. The van der Waals surface area contributed by atoms with Crippen molar-refractivity contribution >= 4 is 5.97 Å². The van der Waals surface area contributed by atoms with Crippen molar-refractivity contribution in [3.63, 3.8) is 0 Å². The van der Waals surface area contributed by atoms with E-state index in [1.54, 1.807) is 0 Å². The van der Waals surface area contributed by atoms with Crippen LogP contribution < -0.4 is 0 Å². The van der Waals surface area contributed by atoms with Gasteiger partial charge in [-0.3, -0.25) is 9.69 Å². The van der Waals surface area contributed by atoms with E-state index in [0.717, 1.165) is 12.5 Å². The van der Waals surface area contributed by atoms with Gasteiger partial charge in [-0.25, -0.2) is 0 Å². The Bertz CT molecular complexity index is 368. The largest absolute Gasteiger partial charge is 0.468 e. The van der Waals surface area contributed by atoms with Crippen LogP contribution in [0.5, 0.6) is 0 Å². The number of carbonyl (C=O) groups is 1. The lowest BCUT2D eigenvalue weighted by atomic mass is 9.93. The van der Waals surface area contributed by atoms with Crippen molar-refractivity contribution < 1.29 is 14.6 Å². The minimum atomic E-state index is -0.386. The number of hydrogen-bond acceptors (Lipinski definition) is 4. The van der Waals surface area contributed by atoms with Crippen LogP contribution in [0.15, 0.2) is 12.2 Å². The average Bonchev–Trinajstić information content (AvgIpc) is 3.04. The van der Waals surface area contributed by atoms with Crippen LogP contribution >= 0.6 is 0 Å². The summed E-state index contributed by atoms with van der Waals surface area (Å²) >= 11 is 0. The number of likely N-dealkylation sites (tertiary alicyclic amines) is 1. The molecule has 0 aromatic heterocycles. The molecule has 0 spiro atoms. The lowest BCUT2D eigenvalue weighted by Crippen LogP contribution is -2.40. The lowest BCUT2D eigenvalue weighted by Gasteiger charge is -2.28. The molecule has 100 valence electrons. The third kappa shape index (κ3) is 2.08. The fourth-order valence-corrected chi connectivity index (χ4v) is 3.87. The topological polar surface area (TPSA) is 49.8 Å². The van der Waals surface area contributed by atoms with Crippen LogP contribution in [0, 0.1) is 17.8 Å². The first kappa shape index (κ1) is 12.2. The number of fused-ring (bicyclic) bond motifs is 2. The highest BCUT2D eigenvalue weighted by atomic mass is 16.5. The summed E-state index contributed by atoms with van der Waals surface area (Å²) in [4.78, 5) is 13.8. The SMILES string of the molecule is COC(=O)[C@@H]1C[C@@H](O)CN1C[C@H]1C[C@H]2C=C[C@H]1C2. The van der Waals surface area contributed by atoms with Gasteiger partial charge < -0.3 is 9.84 Å². The number of hydrogen-bond donors (Lipinski definition) is 1. The van der Waals surface area contributed by atoms with Gasteiger partial charge in [-0.15, -0.1) is 0 Å². The predicted molar refractivity (Wildman–Crippen MR) is 66.8 cm³/mol. The van der Waals surface area contributed by atoms with E-state index in [1.165, 1.54) is 20.0 Å². The molecule has 4 nitrogen and oxygen atoms in total. The molecule has 2 bridgehead atoms. The van der Waals surface area contributed by atoms with Crippen molar-refractivity contribution in [3.05, 3.63) is 12.2 Å². The molecule has 1 saturated carbocycles. The maximum absolute atomic E-state index is 11.7. The van der Waals surface area contributed by atoms with E-state index in [0.29, 0.717) is 24.8 Å². The van der Waals surface area contributed by atoms with Crippen molar-refractivity contribution in [2.75, 3.05) is 20.2 Å². The second kappa shape index (κ2) is 4.67. The van der Waals surface area contributed by atoms with Crippen LogP contribution in [0.4, 0.5) is 0 Å². The Kier molecular flexibility index (Phi) is 3.16. The van der Waals surface area contributed by atoms with Crippen LogP contribution in [0.25, 0.3) is 0 Å². The zero-order valence-electron chi connectivity index (χ0n) is 10.8. The molecule has 1 saturated heterocycles. The monoisotopic (exact) mass is 251 g/mol. The third-order valence-corrected chi connectivity index (χ3v) is 4.74. The number of β-amino-alcohol motifs (C(OH)–C–C–N with tert-alkyl or cyclic N) is 1. The number of allylic oxidation sites excluding steroid dienone is 2. The highest BCUT2D eigenvalue weighted by molar-refractivity contribution is 5.76. The Morgan fingerprint density at radius 1 is 1.39 bits per heavy atom. The van der Waals surface area contributed by atoms with Crippen molar-refractivity contribution in [1.82, 2.24) is 4.90 Å². The van der Waals surface area contributed by atoms with Crippen LogP contribution in [0.2, 0.25) is 0 Å². The predicted octanol–water partition coefficient (Wildman–Crippen LogP) is 0.807. The van der Waals surface area contributed by atoms with Gasteiger partial charge in [0.2, 0.25) is 0 Å². The van der Waals surface area contributed by atoms with E-state index in [2.05, 4.69) is 17.1 Å². The van der Waals surface area contributed by atoms with E-state index in [1.807, 2.05) is 0 Å². The first-order valence-electron chi connectivity index (χ1n) is 6.85. The normalized spacial score (nSPS) is 42.7. The molecule has 18 heavy (non-hydrogen) atoms. The fourth-order valence-electron chi connectivity index (χ4n) is 3.87. The molecule has 1 aliphatic heterocycles. The van der Waals surface area contributed by atoms with Gasteiger partial charge >= 0.3 is 5.97 Å². The first-order chi connectivity index (χ1) is 8.67. The summed E-state index contributed by atoms with van der Waals surface area (Å²) in [6, 6.07) is -0.242. The number of rotatable bonds is 3. The molecular weight excluding hydrogens is 230 g/mol. The molecule has 5 atom stereocenters. The maximum atomic E-state index is 11.7. The Balaban J connectivity index is 1.64. The molecule has 0 unspecified atom stereocenters. The van der Waals surface area contributed by atoms with Crippen LogP contribution in [0.3, 0.4) is 0 Å². The molecule has 3 rings (SSSR count). The number of aliphatic hydroxyl groups excluding tert-OH is 1. The number of carbonyl (C=O) groups excluding carboxylic acids is 1. The van der Waals surface area contributed by atoms with Crippen LogP contribution in [0.1, 0.15) is 19.3 Å². The number of esters is 1. The number of aliphatic hydroxyl groups is 1. The first-order valence-corrected chi connectivity index (χ1v) is 6.85. The molecule has 1 N–H and O–H groups in total. The minimum Gasteiger partial charge on any atom is -0.468 e. The maximum Gasteiger partial charge on any atom is 0.323 e. The summed E-state index contributed by atoms with van der Waals surface area (Å²) in [5.74, 6) is 1.89. The zero-order chi connectivity index (χ0) is 12.7. The fraction of sp³-hybridized carbons (Fsp3) is 0.786. The molecule has 0 amide bonds. The van der Waals surface area contributed by atoms with Gasteiger partial charge in [0.15, 0.2) is 0 Å². The van der Waals surface area contributed by atoms with Crippen molar-refractivity contribution in [2.45, 2.75) is 31.4 Å². The van der Waals surface area contributed by atoms with Crippen molar-refractivity contribution in [3.8, 4) is 0 Å². The summed E-state index contributed by atoms with van der Waals surface area (Å²) in [5, 5.41) is 9.76. The molecule has 2 fully saturated rings. The molecular formula is C14H21NO3. The summed E-state index contributed by atoms with van der Waals surface area (Å²) in [5.41, 5.74) is 0. The zero-order valence-corrected chi connectivity index (χ0v) is 10.8. The molecule has 0 aromatic rings. The molecule has 4 heteroatoms. The van der Waals surface area contributed by atoms with Crippen LogP contribution in [-0.4, -0.2) is 48.3 Å². The number of methoxy groups -OCH3 is 1. The molecule has 3 aliphatic rings. The van der Waals surface area contributed by atoms with Gasteiger partial charge in [0.05, 0.1) is 13.2 Å². The van der Waals surface area contributed by atoms with Gasteiger partial charge in [-0.2, -0.15) is 0 Å². The smallest absolute Gasteiger partial charge is 0.323 e. The van der Waals surface area contributed by atoms with E-state index in [9.17, 15) is 9.90 Å². The van der Waals surface area contributed by atoms with Gasteiger partial charge in [-0.05, 0) is 30.6 Å². The minimum absolute atomic E-state index is 0.203. The highest BCUT2D eigenvalue weighted by Crippen LogP contribution is 2.44.